The molecule has 4 N–H and O–H groups in total. The molecule has 1 aromatic carbocycles. The second-order valence-corrected chi connectivity index (χ2v) is 7.83. The molecule has 28 heavy (non-hydrogen) atoms. The first kappa shape index (κ1) is 23.5. The number of carbonyl (C=O) groups is 2. The van der Waals surface area contributed by atoms with Gasteiger partial charge in [0.05, 0.1) is 13.1 Å². The Labute approximate surface area is 168 Å². The van der Waals surface area contributed by atoms with Gasteiger partial charge in [-0.15, -0.1) is 0 Å². The van der Waals surface area contributed by atoms with Crippen molar-refractivity contribution in [1.29, 1.82) is 0 Å². The third kappa shape index (κ3) is 9.39. The van der Waals surface area contributed by atoms with Crippen LogP contribution in [0.2, 0.25) is 0 Å². The van der Waals surface area contributed by atoms with Gasteiger partial charge in [0.25, 0.3) is 5.91 Å². The number of amides is 2. The molecular formula is C21H35N5O2. The summed E-state index contributed by atoms with van der Waals surface area (Å²) < 4.78 is 0. The molecule has 0 saturated heterocycles. The number of benzene rings is 1. The Morgan fingerprint density at radius 2 is 1.86 bits per heavy atom. The van der Waals surface area contributed by atoms with E-state index in [1.54, 1.807) is 6.07 Å². The van der Waals surface area contributed by atoms with E-state index in [0.29, 0.717) is 24.6 Å². The molecule has 0 radical (unpaired) electrons. The van der Waals surface area contributed by atoms with Gasteiger partial charge in [0.1, 0.15) is 0 Å². The van der Waals surface area contributed by atoms with Crippen LogP contribution in [0.25, 0.3) is 0 Å². The van der Waals surface area contributed by atoms with Crippen molar-refractivity contribution < 1.29 is 9.59 Å². The fourth-order valence-corrected chi connectivity index (χ4v) is 2.36. The lowest BCUT2D eigenvalue weighted by molar-refractivity contribution is -0.121. The number of nitrogens with one attached hydrogen (secondary N) is 4. The summed E-state index contributed by atoms with van der Waals surface area (Å²) in [4.78, 5) is 28.8. The monoisotopic (exact) mass is 389 g/mol. The lowest BCUT2D eigenvalue weighted by atomic mass is 10.1. The SMILES string of the molecule is CCNC(=NCc1cccc(C(=O)NC(C)CC)c1)NCC(=O)NC(C)(C)C. The van der Waals surface area contributed by atoms with Crippen LogP contribution in [-0.2, 0) is 11.3 Å². The van der Waals surface area contributed by atoms with Crippen LogP contribution in [0.1, 0.15) is 63.9 Å². The van der Waals surface area contributed by atoms with E-state index in [1.165, 1.54) is 0 Å². The van der Waals surface area contributed by atoms with Crippen LogP contribution in [0, 0.1) is 0 Å². The van der Waals surface area contributed by atoms with Crippen LogP contribution in [0.5, 0.6) is 0 Å². The van der Waals surface area contributed by atoms with Crippen molar-refractivity contribution in [3.05, 3.63) is 35.4 Å². The third-order valence-electron chi connectivity index (χ3n) is 3.87. The fraction of sp³-hybridized carbons (Fsp3) is 0.571. The summed E-state index contributed by atoms with van der Waals surface area (Å²) in [6.45, 7) is 13.0. The maximum absolute atomic E-state index is 12.3. The van der Waals surface area contributed by atoms with Crippen molar-refractivity contribution in [2.24, 2.45) is 4.99 Å². The zero-order valence-electron chi connectivity index (χ0n) is 18.0. The molecule has 1 rings (SSSR count). The molecule has 0 aliphatic carbocycles. The van der Waals surface area contributed by atoms with Gasteiger partial charge in [-0.2, -0.15) is 0 Å². The lowest BCUT2D eigenvalue weighted by Crippen LogP contribution is -2.48. The molecule has 7 nitrogen and oxygen atoms in total. The van der Waals surface area contributed by atoms with E-state index in [0.717, 1.165) is 12.0 Å². The van der Waals surface area contributed by atoms with Gasteiger partial charge in [-0.3, -0.25) is 9.59 Å². The summed E-state index contributed by atoms with van der Waals surface area (Å²) in [6, 6.07) is 7.56. The fourth-order valence-electron chi connectivity index (χ4n) is 2.36. The minimum absolute atomic E-state index is 0.0796. The van der Waals surface area contributed by atoms with Crippen molar-refractivity contribution in [3.8, 4) is 0 Å². The van der Waals surface area contributed by atoms with Crippen molar-refractivity contribution in [2.75, 3.05) is 13.1 Å². The van der Waals surface area contributed by atoms with Crippen molar-refractivity contribution in [1.82, 2.24) is 21.3 Å². The Bertz CT molecular complexity index is 680. The van der Waals surface area contributed by atoms with Crippen LogP contribution in [-0.4, -0.2) is 42.4 Å². The van der Waals surface area contributed by atoms with Gasteiger partial charge in [0.15, 0.2) is 5.96 Å². The van der Waals surface area contributed by atoms with E-state index in [2.05, 4.69) is 26.3 Å². The minimum atomic E-state index is -0.273. The van der Waals surface area contributed by atoms with Crippen molar-refractivity contribution in [3.63, 3.8) is 0 Å². The standard InChI is InChI=1S/C21H35N5O2/c1-7-15(3)25-19(28)17-11-9-10-16(12-17)13-23-20(22-8-2)24-14-18(27)26-21(4,5)6/h9-12,15H,7-8,13-14H2,1-6H3,(H,25,28)(H,26,27)(H2,22,23,24). The van der Waals surface area contributed by atoms with Gasteiger partial charge in [-0.25, -0.2) is 4.99 Å². The summed E-state index contributed by atoms with van der Waals surface area (Å²) in [6.07, 6.45) is 0.885. The Balaban J connectivity index is 2.72. The molecule has 0 heterocycles. The molecule has 1 unspecified atom stereocenters. The Kier molecular flexibility index (Phi) is 9.48. The van der Waals surface area contributed by atoms with Crippen LogP contribution >= 0.6 is 0 Å². The lowest BCUT2D eigenvalue weighted by Gasteiger charge is -2.21. The largest absolute Gasteiger partial charge is 0.357 e. The van der Waals surface area contributed by atoms with Gasteiger partial charge < -0.3 is 21.3 Å². The summed E-state index contributed by atoms with van der Waals surface area (Å²) in [7, 11) is 0. The molecule has 0 spiro atoms. The second kappa shape index (κ2) is 11.3. The maximum atomic E-state index is 12.3. The molecule has 7 heteroatoms. The topological polar surface area (TPSA) is 94.6 Å². The van der Waals surface area contributed by atoms with Gasteiger partial charge in [-0.05, 0) is 58.7 Å². The highest BCUT2D eigenvalue weighted by Crippen LogP contribution is 2.07. The zero-order valence-corrected chi connectivity index (χ0v) is 18.0. The van der Waals surface area contributed by atoms with E-state index in [-0.39, 0.29) is 29.9 Å². The highest BCUT2D eigenvalue weighted by Gasteiger charge is 2.14. The van der Waals surface area contributed by atoms with E-state index in [9.17, 15) is 9.59 Å². The average Bonchev–Trinajstić information content (AvgIpc) is 2.62. The number of hydrogen-bond donors (Lipinski definition) is 4. The smallest absolute Gasteiger partial charge is 0.251 e. The van der Waals surface area contributed by atoms with Gasteiger partial charge >= 0.3 is 0 Å². The second-order valence-electron chi connectivity index (χ2n) is 7.83. The van der Waals surface area contributed by atoms with Gasteiger partial charge in [0.2, 0.25) is 5.91 Å². The zero-order chi connectivity index (χ0) is 21.2. The predicted molar refractivity (Wildman–Crippen MR) is 114 cm³/mol. The van der Waals surface area contributed by atoms with Crippen LogP contribution in [0.3, 0.4) is 0 Å². The number of aliphatic imine (C=N–C) groups is 1. The van der Waals surface area contributed by atoms with Crippen LogP contribution in [0.15, 0.2) is 29.3 Å². The first-order valence-electron chi connectivity index (χ1n) is 9.87. The minimum Gasteiger partial charge on any atom is -0.357 e. The normalized spacial score (nSPS) is 12.9. The molecule has 0 saturated carbocycles. The highest BCUT2D eigenvalue weighted by atomic mass is 16.2. The Hall–Kier alpha value is -2.57. The highest BCUT2D eigenvalue weighted by molar-refractivity contribution is 5.94. The number of carbonyl (C=O) groups excluding carboxylic acids is 2. The quantitative estimate of drug-likeness (QED) is 0.405. The number of hydrogen-bond acceptors (Lipinski definition) is 3. The third-order valence-corrected chi connectivity index (χ3v) is 3.87. The molecule has 0 aromatic heterocycles. The molecule has 1 aromatic rings. The van der Waals surface area contributed by atoms with E-state index in [1.807, 2.05) is 59.7 Å². The van der Waals surface area contributed by atoms with Gasteiger partial charge in [-0.1, -0.05) is 19.1 Å². The Morgan fingerprint density at radius 1 is 1.14 bits per heavy atom. The van der Waals surface area contributed by atoms with E-state index in [4.69, 9.17) is 0 Å². The molecule has 156 valence electrons. The summed E-state index contributed by atoms with van der Waals surface area (Å²) in [5.41, 5.74) is 1.27. The summed E-state index contributed by atoms with van der Waals surface area (Å²) in [5, 5.41) is 12.0. The summed E-state index contributed by atoms with van der Waals surface area (Å²) >= 11 is 0. The molecule has 1 atom stereocenters. The Morgan fingerprint density at radius 3 is 2.46 bits per heavy atom. The molecule has 0 aliphatic rings. The van der Waals surface area contributed by atoms with Crippen molar-refractivity contribution in [2.45, 2.75) is 66.1 Å². The average molecular weight is 390 g/mol. The first-order chi connectivity index (χ1) is 13.1. The number of rotatable bonds is 8. The van der Waals surface area contributed by atoms with Gasteiger partial charge in [0, 0.05) is 23.7 Å². The molecule has 0 aliphatic heterocycles. The predicted octanol–water partition coefficient (Wildman–Crippen LogP) is 2.18. The molecular weight excluding hydrogens is 354 g/mol. The molecule has 2 amide bonds. The first-order valence-corrected chi connectivity index (χ1v) is 9.87. The van der Waals surface area contributed by atoms with Crippen LogP contribution < -0.4 is 21.3 Å². The van der Waals surface area contributed by atoms with E-state index < -0.39 is 0 Å². The maximum Gasteiger partial charge on any atom is 0.251 e. The van der Waals surface area contributed by atoms with Crippen molar-refractivity contribution >= 4 is 17.8 Å². The number of guanidine groups is 1. The van der Waals surface area contributed by atoms with Crippen LogP contribution in [0.4, 0.5) is 0 Å². The molecule has 0 fully saturated rings. The summed E-state index contributed by atoms with van der Waals surface area (Å²) in [5.74, 6) is 0.381. The van der Waals surface area contributed by atoms with E-state index >= 15 is 0 Å². The number of nitrogens with zero attached hydrogens (tertiary/aromatic N) is 1. The molecule has 0 bridgehead atoms.